The van der Waals surface area contributed by atoms with Crippen LogP contribution in [0.15, 0.2) is 48.5 Å². The van der Waals surface area contributed by atoms with E-state index in [1.165, 1.54) is 11.1 Å². The number of nitriles is 2. The molecule has 2 heteroatoms. The second kappa shape index (κ2) is 7.61. The standard InChI is InChI=1S/C21H22N2/c1-3-5-14-21(4-2,19-10-6-17(15-22)7-11-19)20-12-8-18(16-23)9-13-20/h6-13H,3-5,14H2,1-2H3. The molecular formula is C21H22N2. The molecule has 0 heterocycles. The third-order valence-corrected chi connectivity index (χ3v) is 4.69. The summed E-state index contributed by atoms with van der Waals surface area (Å²) in [5.41, 5.74) is 3.82. The van der Waals surface area contributed by atoms with E-state index >= 15 is 0 Å². The van der Waals surface area contributed by atoms with Crippen LogP contribution in [0.2, 0.25) is 0 Å². The molecule has 0 aliphatic heterocycles. The van der Waals surface area contributed by atoms with Crippen molar-refractivity contribution >= 4 is 0 Å². The molecule has 0 unspecified atom stereocenters. The van der Waals surface area contributed by atoms with Crippen molar-refractivity contribution in [2.45, 2.75) is 44.9 Å². The normalized spacial score (nSPS) is 10.8. The van der Waals surface area contributed by atoms with Crippen LogP contribution in [0, 0.1) is 22.7 Å². The first kappa shape index (κ1) is 16.8. The molecule has 0 saturated carbocycles. The summed E-state index contributed by atoms with van der Waals surface area (Å²) in [7, 11) is 0. The van der Waals surface area contributed by atoms with Gasteiger partial charge in [0.1, 0.15) is 0 Å². The molecule has 0 saturated heterocycles. The SMILES string of the molecule is CCCCC(CC)(c1ccc(C#N)cc1)c1ccc(C#N)cc1. The lowest BCUT2D eigenvalue weighted by Crippen LogP contribution is -2.27. The molecule has 116 valence electrons. The zero-order valence-corrected chi connectivity index (χ0v) is 13.8. The molecule has 0 amide bonds. The Hall–Kier alpha value is -2.58. The van der Waals surface area contributed by atoms with Crippen molar-refractivity contribution in [1.82, 2.24) is 0 Å². The van der Waals surface area contributed by atoms with Crippen LogP contribution in [0.3, 0.4) is 0 Å². The molecule has 2 nitrogen and oxygen atoms in total. The Kier molecular flexibility index (Phi) is 5.56. The molecule has 0 atom stereocenters. The van der Waals surface area contributed by atoms with Crippen molar-refractivity contribution in [3.63, 3.8) is 0 Å². The van der Waals surface area contributed by atoms with E-state index < -0.39 is 0 Å². The molecule has 2 rings (SSSR count). The molecule has 0 bridgehead atoms. The minimum absolute atomic E-state index is 0.0576. The third kappa shape index (κ3) is 3.43. The zero-order chi connectivity index (χ0) is 16.7. The highest BCUT2D eigenvalue weighted by atomic mass is 14.4. The lowest BCUT2D eigenvalue weighted by atomic mass is 9.69. The van der Waals surface area contributed by atoms with Crippen LogP contribution < -0.4 is 0 Å². The summed E-state index contributed by atoms with van der Waals surface area (Å²) in [4.78, 5) is 0. The van der Waals surface area contributed by atoms with Gasteiger partial charge in [-0.2, -0.15) is 10.5 Å². The highest BCUT2D eigenvalue weighted by molar-refractivity contribution is 5.44. The van der Waals surface area contributed by atoms with E-state index in [0.29, 0.717) is 11.1 Å². The minimum Gasteiger partial charge on any atom is -0.192 e. The van der Waals surface area contributed by atoms with E-state index in [0.717, 1.165) is 25.7 Å². The van der Waals surface area contributed by atoms with Crippen molar-refractivity contribution in [2.24, 2.45) is 0 Å². The molecule has 0 fully saturated rings. The van der Waals surface area contributed by atoms with Crippen LogP contribution in [0.5, 0.6) is 0 Å². The van der Waals surface area contributed by atoms with Crippen LogP contribution in [0.4, 0.5) is 0 Å². The van der Waals surface area contributed by atoms with Crippen LogP contribution in [0.1, 0.15) is 61.8 Å². The summed E-state index contributed by atoms with van der Waals surface area (Å²) in [6, 6.07) is 20.3. The van der Waals surface area contributed by atoms with Gasteiger partial charge >= 0.3 is 0 Å². The Labute approximate surface area is 139 Å². The summed E-state index contributed by atoms with van der Waals surface area (Å²) in [5.74, 6) is 0. The van der Waals surface area contributed by atoms with Gasteiger partial charge in [0.05, 0.1) is 23.3 Å². The first-order valence-corrected chi connectivity index (χ1v) is 8.21. The van der Waals surface area contributed by atoms with Crippen molar-refractivity contribution in [2.75, 3.05) is 0 Å². The Bertz CT molecular complexity index is 655. The Morgan fingerprint density at radius 1 is 0.783 bits per heavy atom. The Morgan fingerprint density at radius 3 is 1.52 bits per heavy atom. The summed E-state index contributed by atoms with van der Waals surface area (Å²) in [6.45, 7) is 4.42. The van der Waals surface area contributed by atoms with Gasteiger partial charge in [-0.3, -0.25) is 0 Å². The number of unbranched alkanes of at least 4 members (excludes halogenated alkanes) is 1. The highest BCUT2D eigenvalue weighted by Gasteiger charge is 2.31. The lowest BCUT2D eigenvalue weighted by molar-refractivity contribution is 0.437. The fourth-order valence-electron chi connectivity index (χ4n) is 3.25. The van der Waals surface area contributed by atoms with E-state index in [-0.39, 0.29) is 5.41 Å². The molecular weight excluding hydrogens is 280 g/mol. The lowest BCUT2D eigenvalue weighted by Gasteiger charge is -2.34. The number of hydrogen-bond acceptors (Lipinski definition) is 2. The Morgan fingerprint density at radius 2 is 1.22 bits per heavy atom. The van der Waals surface area contributed by atoms with Gasteiger partial charge in [0.15, 0.2) is 0 Å². The number of nitrogens with zero attached hydrogens (tertiary/aromatic N) is 2. The van der Waals surface area contributed by atoms with Gasteiger partial charge in [0.2, 0.25) is 0 Å². The van der Waals surface area contributed by atoms with E-state index in [1.807, 2.05) is 24.3 Å². The van der Waals surface area contributed by atoms with Gasteiger partial charge in [-0.25, -0.2) is 0 Å². The predicted molar refractivity (Wildman–Crippen MR) is 92.9 cm³/mol. The van der Waals surface area contributed by atoms with E-state index in [2.05, 4.69) is 50.3 Å². The van der Waals surface area contributed by atoms with E-state index in [4.69, 9.17) is 10.5 Å². The maximum atomic E-state index is 9.02. The second-order valence-corrected chi connectivity index (χ2v) is 5.92. The van der Waals surface area contributed by atoms with Crippen molar-refractivity contribution in [1.29, 1.82) is 10.5 Å². The van der Waals surface area contributed by atoms with Gasteiger partial charge in [-0.05, 0) is 48.2 Å². The highest BCUT2D eigenvalue weighted by Crippen LogP contribution is 2.40. The topological polar surface area (TPSA) is 47.6 Å². The first-order chi connectivity index (χ1) is 11.2. The van der Waals surface area contributed by atoms with Gasteiger partial charge in [-0.1, -0.05) is 51.0 Å². The van der Waals surface area contributed by atoms with Crippen LogP contribution in [-0.4, -0.2) is 0 Å². The molecule has 2 aromatic carbocycles. The molecule has 0 aliphatic rings. The van der Waals surface area contributed by atoms with Crippen LogP contribution in [0.25, 0.3) is 0 Å². The quantitative estimate of drug-likeness (QED) is 0.725. The number of rotatable bonds is 6. The molecule has 0 aromatic heterocycles. The molecule has 0 N–H and O–H groups in total. The maximum absolute atomic E-state index is 9.02. The van der Waals surface area contributed by atoms with Crippen LogP contribution in [-0.2, 0) is 5.41 Å². The van der Waals surface area contributed by atoms with Crippen LogP contribution >= 0.6 is 0 Å². The average Bonchev–Trinajstić information content (AvgIpc) is 2.63. The van der Waals surface area contributed by atoms with Crippen molar-refractivity contribution < 1.29 is 0 Å². The largest absolute Gasteiger partial charge is 0.192 e. The van der Waals surface area contributed by atoms with Gasteiger partial charge in [0.25, 0.3) is 0 Å². The average molecular weight is 302 g/mol. The molecule has 2 aromatic rings. The van der Waals surface area contributed by atoms with E-state index in [1.54, 1.807) is 0 Å². The van der Waals surface area contributed by atoms with Gasteiger partial charge in [0, 0.05) is 5.41 Å². The van der Waals surface area contributed by atoms with Gasteiger partial charge < -0.3 is 0 Å². The summed E-state index contributed by atoms with van der Waals surface area (Å²) in [6.07, 6.45) is 4.35. The van der Waals surface area contributed by atoms with E-state index in [9.17, 15) is 0 Å². The summed E-state index contributed by atoms with van der Waals surface area (Å²) in [5, 5.41) is 18.0. The molecule has 0 spiro atoms. The summed E-state index contributed by atoms with van der Waals surface area (Å²) >= 11 is 0. The number of hydrogen-bond donors (Lipinski definition) is 0. The van der Waals surface area contributed by atoms with Crippen molar-refractivity contribution in [3.05, 3.63) is 70.8 Å². The van der Waals surface area contributed by atoms with Gasteiger partial charge in [-0.15, -0.1) is 0 Å². The third-order valence-electron chi connectivity index (χ3n) is 4.69. The minimum atomic E-state index is -0.0576. The second-order valence-electron chi connectivity index (χ2n) is 5.92. The maximum Gasteiger partial charge on any atom is 0.0991 e. The fourth-order valence-corrected chi connectivity index (χ4v) is 3.25. The monoisotopic (exact) mass is 302 g/mol. The summed E-state index contributed by atoms with van der Waals surface area (Å²) < 4.78 is 0. The fraction of sp³-hybridized carbons (Fsp3) is 0.333. The zero-order valence-electron chi connectivity index (χ0n) is 13.8. The molecule has 23 heavy (non-hydrogen) atoms. The Balaban J connectivity index is 2.53. The first-order valence-electron chi connectivity index (χ1n) is 8.21. The molecule has 0 radical (unpaired) electrons. The number of benzene rings is 2. The smallest absolute Gasteiger partial charge is 0.0991 e. The van der Waals surface area contributed by atoms with Crippen molar-refractivity contribution in [3.8, 4) is 12.1 Å². The molecule has 0 aliphatic carbocycles. The predicted octanol–water partition coefficient (Wildman–Crippen LogP) is 5.32.